The van der Waals surface area contributed by atoms with Gasteiger partial charge in [-0.25, -0.2) is 0 Å². The molecule has 0 radical (unpaired) electrons. The largest absolute Gasteiger partial charge is 0.497 e. The third-order valence-electron chi connectivity index (χ3n) is 4.24. The second kappa shape index (κ2) is 7.24. The molecule has 0 aliphatic carbocycles. The summed E-state index contributed by atoms with van der Waals surface area (Å²) in [4.78, 5) is 16.8. The molecule has 3 rings (SSSR count). The lowest BCUT2D eigenvalue weighted by Crippen LogP contribution is -2.34. The van der Waals surface area contributed by atoms with Gasteiger partial charge in [-0.15, -0.1) is 0 Å². The van der Waals surface area contributed by atoms with E-state index in [9.17, 15) is 4.79 Å². The molecule has 1 aliphatic heterocycles. The van der Waals surface area contributed by atoms with Gasteiger partial charge in [-0.3, -0.25) is 9.78 Å². The zero-order valence-corrected chi connectivity index (χ0v) is 13.2. The highest BCUT2D eigenvalue weighted by atomic mass is 16.5. The molecule has 1 aromatic heterocycles. The van der Waals surface area contributed by atoms with Gasteiger partial charge >= 0.3 is 0 Å². The van der Waals surface area contributed by atoms with Crippen molar-refractivity contribution in [1.82, 2.24) is 15.6 Å². The smallest absolute Gasteiger partial charge is 0.225 e. The maximum atomic E-state index is 12.5. The van der Waals surface area contributed by atoms with Gasteiger partial charge in [-0.05, 0) is 29.8 Å². The van der Waals surface area contributed by atoms with Gasteiger partial charge in [0.15, 0.2) is 0 Å². The number of methoxy groups -OCH3 is 1. The number of benzene rings is 1. The van der Waals surface area contributed by atoms with Gasteiger partial charge in [0, 0.05) is 25.2 Å². The van der Waals surface area contributed by atoms with Crippen LogP contribution in [0.25, 0.3) is 0 Å². The Labute approximate surface area is 136 Å². The summed E-state index contributed by atoms with van der Waals surface area (Å²) in [7, 11) is 1.66. The lowest BCUT2D eigenvalue weighted by molar-refractivity contribution is -0.125. The number of hydrogen-bond donors (Lipinski definition) is 2. The molecule has 0 bridgehead atoms. The minimum Gasteiger partial charge on any atom is -0.497 e. The van der Waals surface area contributed by atoms with Gasteiger partial charge < -0.3 is 15.4 Å². The van der Waals surface area contributed by atoms with Crippen LogP contribution < -0.4 is 15.4 Å². The van der Waals surface area contributed by atoms with Crippen LogP contribution in [0.5, 0.6) is 5.75 Å². The number of nitrogens with one attached hydrogen (secondary N) is 2. The van der Waals surface area contributed by atoms with Gasteiger partial charge in [0.25, 0.3) is 0 Å². The highest BCUT2D eigenvalue weighted by Gasteiger charge is 2.33. The van der Waals surface area contributed by atoms with Crippen molar-refractivity contribution >= 4 is 5.91 Å². The predicted molar refractivity (Wildman–Crippen MR) is 88.2 cm³/mol. The van der Waals surface area contributed by atoms with Crippen LogP contribution in [0, 0.1) is 5.92 Å². The molecule has 0 saturated carbocycles. The minimum atomic E-state index is -0.0779. The summed E-state index contributed by atoms with van der Waals surface area (Å²) < 4.78 is 5.29. The Bertz CT molecular complexity index is 660. The Morgan fingerprint density at radius 3 is 3.00 bits per heavy atom. The summed E-state index contributed by atoms with van der Waals surface area (Å²) >= 11 is 0. The third kappa shape index (κ3) is 3.68. The fraction of sp³-hybridized carbons (Fsp3) is 0.333. The number of ether oxygens (including phenoxy) is 1. The number of amides is 1. The van der Waals surface area contributed by atoms with Crippen LogP contribution in [0.3, 0.4) is 0 Å². The normalized spacial score (nSPS) is 20.2. The standard InChI is InChI=1S/C18H21N3O2/c1-23-15-7-4-5-13(9-15)16-11-19-12-17(16)18(22)21-10-14-6-2-3-8-20-14/h2-9,16-17,19H,10-12H2,1H3,(H,21,22). The van der Waals surface area contributed by atoms with Crippen LogP contribution in [0.15, 0.2) is 48.7 Å². The summed E-state index contributed by atoms with van der Waals surface area (Å²) in [6, 6.07) is 13.6. The van der Waals surface area contributed by atoms with Gasteiger partial charge in [-0.1, -0.05) is 18.2 Å². The molecule has 1 amide bonds. The van der Waals surface area contributed by atoms with E-state index in [1.54, 1.807) is 13.3 Å². The van der Waals surface area contributed by atoms with Gasteiger partial charge in [-0.2, -0.15) is 0 Å². The van der Waals surface area contributed by atoms with E-state index in [1.165, 1.54) is 0 Å². The molecule has 2 atom stereocenters. The van der Waals surface area contributed by atoms with Crippen molar-refractivity contribution in [2.75, 3.05) is 20.2 Å². The molecule has 1 saturated heterocycles. The highest BCUT2D eigenvalue weighted by Crippen LogP contribution is 2.30. The molecule has 23 heavy (non-hydrogen) atoms. The van der Waals surface area contributed by atoms with E-state index in [1.807, 2.05) is 36.4 Å². The van der Waals surface area contributed by atoms with E-state index in [2.05, 4.69) is 21.7 Å². The van der Waals surface area contributed by atoms with E-state index in [-0.39, 0.29) is 17.7 Å². The number of aromatic nitrogens is 1. The molecule has 2 unspecified atom stereocenters. The van der Waals surface area contributed by atoms with E-state index in [4.69, 9.17) is 4.74 Å². The summed E-state index contributed by atoms with van der Waals surface area (Å²) in [5, 5.41) is 6.32. The third-order valence-corrected chi connectivity index (χ3v) is 4.24. The zero-order chi connectivity index (χ0) is 16.1. The van der Waals surface area contributed by atoms with Crippen molar-refractivity contribution in [3.8, 4) is 5.75 Å². The Balaban J connectivity index is 1.67. The number of hydrogen-bond acceptors (Lipinski definition) is 4. The molecule has 5 nitrogen and oxygen atoms in total. The predicted octanol–water partition coefficient (Wildman–Crippen LogP) is 1.71. The van der Waals surface area contributed by atoms with E-state index in [0.717, 1.165) is 23.6 Å². The monoisotopic (exact) mass is 311 g/mol. The molecule has 2 heterocycles. The van der Waals surface area contributed by atoms with Crippen molar-refractivity contribution in [2.45, 2.75) is 12.5 Å². The van der Waals surface area contributed by atoms with Crippen molar-refractivity contribution in [3.05, 3.63) is 59.9 Å². The first-order valence-electron chi connectivity index (χ1n) is 7.80. The summed E-state index contributed by atoms with van der Waals surface area (Å²) in [6.07, 6.45) is 1.73. The van der Waals surface area contributed by atoms with Crippen LogP contribution >= 0.6 is 0 Å². The topological polar surface area (TPSA) is 63.2 Å². The Morgan fingerprint density at radius 2 is 2.22 bits per heavy atom. The van der Waals surface area contributed by atoms with Crippen LogP contribution in [0.2, 0.25) is 0 Å². The molecule has 2 aromatic rings. The average molecular weight is 311 g/mol. The fourth-order valence-electron chi connectivity index (χ4n) is 2.99. The van der Waals surface area contributed by atoms with E-state index < -0.39 is 0 Å². The maximum Gasteiger partial charge on any atom is 0.225 e. The number of carbonyl (C=O) groups excluding carboxylic acids is 1. The van der Waals surface area contributed by atoms with Crippen molar-refractivity contribution < 1.29 is 9.53 Å². The van der Waals surface area contributed by atoms with Crippen LogP contribution in [0.1, 0.15) is 17.2 Å². The van der Waals surface area contributed by atoms with Gasteiger partial charge in [0.05, 0.1) is 25.3 Å². The second-order valence-corrected chi connectivity index (χ2v) is 5.69. The SMILES string of the molecule is COc1cccc(C2CNCC2C(=O)NCc2ccccn2)c1. The van der Waals surface area contributed by atoms with Crippen LogP contribution in [-0.4, -0.2) is 31.1 Å². The average Bonchev–Trinajstić information content (AvgIpc) is 3.10. The lowest BCUT2D eigenvalue weighted by atomic mass is 9.88. The first-order chi connectivity index (χ1) is 11.3. The molecular weight excluding hydrogens is 290 g/mol. The maximum absolute atomic E-state index is 12.5. The summed E-state index contributed by atoms with van der Waals surface area (Å²) in [5.74, 6) is 0.968. The number of nitrogens with zero attached hydrogens (tertiary/aromatic N) is 1. The quantitative estimate of drug-likeness (QED) is 0.882. The Kier molecular flexibility index (Phi) is 4.88. The first kappa shape index (κ1) is 15.5. The molecule has 1 aromatic carbocycles. The summed E-state index contributed by atoms with van der Waals surface area (Å²) in [6.45, 7) is 1.95. The highest BCUT2D eigenvalue weighted by molar-refractivity contribution is 5.80. The Morgan fingerprint density at radius 1 is 1.30 bits per heavy atom. The van der Waals surface area contributed by atoms with Gasteiger partial charge in [0.1, 0.15) is 5.75 Å². The van der Waals surface area contributed by atoms with Gasteiger partial charge in [0.2, 0.25) is 5.91 Å². The van der Waals surface area contributed by atoms with Crippen molar-refractivity contribution in [3.63, 3.8) is 0 Å². The number of carbonyl (C=O) groups is 1. The van der Waals surface area contributed by atoms with Crippen molar-refractivity contribution in [2.24, 2.45) is 5.92 Å². The Hall–Kier alpha value is -2.40. The minimum absolute atomic E-state index is 0.0634. The molecular formula is C18H21N3O2. The fourth-order valence-corrected chi connectivity index (χ4v) is 2.99. The van der Waals surface area contributed by atoms with E-state index in [0.29, 0.717) is 13.1 Å². The number of pyridine rings is 1. The molecule has 2 N–H and O–H groups in total. The second-order valence-electron chi connectivity index (χ2n) is 5.69. The van der Waals surface area contributed by atoms with Crippen LogP contribution in [0.4, 0.5) is 0 Å². The zero-order valence-electron chi connectivity index (χ0n) is 13.2. The summed E-state index contributed by atoms with van der Waals surface area (Å²) in [5.41, 5.74) is 2.00. The molecule has 120 valence electrons. The number of rotatable bonds is 5. The van der Waals surface area contributed by atoms with E-state index >= 15 is 0 Å². The van der Waals surface area contributed by atoms with Crippen molar-refractivity contribution in [1.29, 1.82) is 0 Å². The lowest BCUT2D eigenvalue weighted by Gasteiger charge is -2.19. The van der Waals surface area contributed by atoms with Crippen LogP contribution in [-0.2, 0) is 11.3 Å². The molecule has 1 fully saturated rings. The molecule has 1 aliphatic rings. The first-order valence-corrected chi connectivity index (χ1v) is 7.80. The molecule has 0 spiro atoms. The molecule has 5 heteroatoms.